The second-order valence-corrected chi connectivity index (χ2v) is 11.7. The van der Waals surface area contributed by atoms with Crippen molar-refractivity contribution in [1.29, 1.82) is 0 Å². The van der Waals surface area contributed by atoms with E-state index in [1.165, 1.54) is 9.13 Å². The van der Waals surface area contributed by atoms with Crippen LogP contribution in [0.4, 0.5) is 0 Å². The SMILES string of the molecule is [B]c1c([B])c([B])c2c(c1[B])c1c([B])c([B])c([B])c([B])c1n2-c1nc(Cl)nc(-n2c3c([B])c([B])c([B])c([B])c3c3c([B])c([B])c([B])c([B])c32)n1. The normalized spacial score (nSPS) is 11.9. The summed E-state index contributed by atoms with van der Waals surface area (Å²) in [5.41, 5.74) is 0.424. The third kappa shape index (κ3) is 4.39. The van der Waals surface area contributed by atoms with Crippen LogP contribution in [0.25, 0.3) is 55.5 Å². The third-order valence-corrected chi connectivity index (χ3v) is 9.08. The molecule has 0 fully saturated rings. The molecule has 0 aliphatic rings. The molecule has 0 spiro atoms. The molecule has 7 aromatic rings. The molecule has 3 aromatic heterocycles. The smallest absolute Gasteiger partial charge is 0.240 e. The van der Waals surface area contributed by atoms with Gasteiger partial charge in [-0.25, -0.2) is 0 Å². The number of aromatic nitrogens is 5. The summed E-state index contributed by atoms with van der Waals surface area (Å²) >= 11 is 6.61. The predicted molar refractivity (Wildman–Crippen MR) is 220 cm³/mol. The summed E-state index contributed by atoms with van der Waals surface area (Å²) < 4.78 is 2.79. The van der Waals surface area contributed by atoms with Crippen molar-refractivity contribution in [1.82, 2.24) is 24.1 Å². The van der Waals surface area contributed by atoms with E-state index in [9.17, 15) is 0 Å². The van der Waals surface area contributed by atoms with Crippen molar-refractivity contribution in [2.75, 3.05) is 0 Å². The van der Waals surface area contributed by atoms with Crippen molar-refractivity contribution < 1.29 is 0 Å². The predicted octanol–water partition coefficient (Wildman–Crippen LogP) is -12.6. The average Bonchev–Trinajstić information content (AvgIpc) is 3.63. The lowest BCUT2D eigenvalue weighted by molar-refractivity contribution is 0.890. The van der Waals surface area contributed by atoms with Gasteiger partial charge in [0.1, 0.15) is 126 Å². The van der Waals surface area contributed by atoms with E-state index >= 15 is 0 Å². The highest BCUT2D eigenvalue weighted by Gasteiger charge is 2.27. The molecule has 49 heavy (non-hydrogen) atoms. The van der Waals surface area contributed by atoms with Crippen molar-refractivity contribution in [3.8, 4) is 11.9 Å². The first-order valence-corrected chi connectivity index (χ1v) is 14.4. The first-order valence-electron chi connectivity index (χ1n) is 14.0. The largest absolute Gasteiger partial charge is 0.279 e. The van der Waals surface area contributed by atoms with Gasteiger partial charge in [0.2, 0.25) is 17.2 Å². The van der Waals surface area contributed by atoms with E-state index in [2.05, 4.69) is 9.97 Å². The molecule has 7 rings (SSSR count). The number of nitrogens with zero attached hydrogens (tertiary/aromatic N) is 5. The van der Waals surface area contributed by atoms with Crippen LogP contribution in [-0.4, -0.2) is 150 Å². The summed E-state index contributed by atoms with van der Waals surface area (Å²) in [6, 6.07) is 0. The summed E-state index contributed by atoms with van der Waals surface area (Å²) in [6.45, 7) is 0. The number of rotatable bonds is 2. The van der Waals surface area contributed by atoms with E-state index in [0.717, 1.165) is 0 Å². The van der Waals surface area contributed by atoms with Gasteiger partial charge in [-0.1, -0.05) is 43.7 Å². The van der Waals surface area contributed by atoms with Crippen molar-refractivity contribution in [2.24, 2.45) is 0 Å². The lowest BCUT2D eigenvalue weighted by atomic mass is 9.63. The fraction of sp³-hybridized carbons (Fsp3) is 0. The van der Waals surface area contributed by atoms with Gasteiger partial charge in [-0.2, -0.15) is 15.0 Å². The van der Waals surface area contributed by atoms with Crippen molar-refractivity contribution in [3.63, 3.8) is 0 Å². The van der Waals surface area contributed by atoms with Crippen LogP contribution in [0.3, 0.4) is 0 Å². The second-order valence-electron chi connectivity index (χ2n) is 11.4. The van der Waals surface area contributed by atoms with Gasteiger partial charge in [0, 0.05) is 22.1 Å². The second kappa shape index (κ2) is 11.4. The standard InChI is InChI=1S/C27B16ClN5/c28-5-1-2-6(29)10(33)14(37)18(41)22(2)48(21(1)17(40)13(36)9(5)32)26-45-25(44)46-27(47-26)49-23-3(7(30)11(34)15(38)19(23)42)4-8(31)12(35)16(39)20(43)24(4)49. The van der Waals surface area contributed by atoms with Crippen LogP contribution in [-0.2, 0) is 0 Å². The molecule has 0 unspecified atom stereocenters. The molecule has 0 atom stereocenters. The molecule has 4 aromatic carbocycles. The van der Waals surface area contributed by atoms with E-state index in [0.29, 0.717) is 0 Å². The zero-order valence-corrected chi connectivity index (χ0v) is 26.1. The molecular formula is C27B16ClN5. The fourth-order valence-electron chi connectivity index (χ4n) is 6.35. The molecule has 3 heterocycles. The summed E-state index contributed by atoms with van der Waals surface area (Å²) in [7, 11) is 102. The van der Waals surface area contributed by atoms with Gasteiger partial charge in [0.25, 0.3) is 0 Å². The topological polar surface area (TPSA) is 48.5 Å². The van der Waals surface area contributed by atoms with Gasteiger partial charge < -0.3 is 0 Å². The molecule has 0 saturated carbocycles. The maximum absolute atomic E-state index is 6.61. The molecule has 0 saturated heterocycles. The summed E-state index contributed by atoms with van der Waals surface area (Å²) in [4.78, 5) is 13.5. The number of benzene rings is 4. The van der Waals surface area contributed by atoms with Gasteiger partial charge >= 0.3 is 0 Å². The monoisotopic (exact) mass is 605 g/mol. The van der Waals surface area contributed by atoms with Gasteiger partial charge in [0.05, 0.1) is 0 Å². The zero-order valence-electron chi connectivity index (χ0n) is 25.4. The van der Waals surface area contributed by atoms with Gasteiger partial charge in [-0.05, 0) is 33.1 Å². The minimum absolute atomic E-state index is 0.00748. The Balaban J connectivity index is 1.74. The lowest BCUT2D eigenvalue weighted by Gasteiger charge is -2.18. The van der Waals surface area contributed by atoms with Crippen LogP contribution in [0.5, 0.6) is 0 Å². The maximum atomic E-state index is 6.61. The molecule has 0 N–H and O–H groups in total. The van der Waals surface area contributed by atoms with E-state index in [-0.39, 0.29) is 148 Å². The first-order chi connectivity index (χ1) is 22.9. The summed E-state index contributed by atoms with van der Waals surface area (Å²) in [5.74, 6) is -0.360. The van der Waals surface area contributed by atoms with E-state index in [4.69, 9.17) is 142 Å². The first kappa shape index (κ1) is 34.3. The molecule has 0 aliphatic heterocycles. The maximum Gasteiger partial charge on any atom is 0.240 e. The number of hydrogen-bond acceptors (Lipinski definition) is 3. The van der Waals surface area contributed by atoms with Crippen LogP contribution in [0.2, 0.25) is 5.28 Å². The highest BCUT2D eigenvalue weighted by molar-refractivity contribution is 6.73. The number of halogens is 1. The molecule has 5 nitrogen and oxygen atoms in total. The Hall–Kier alpha value is -3.18. The Morgan fingerprint density at radius 2 is 0.490 bits per heavy atom. The van der Waals surface area contributed by atoms with Gasteiger partial charge in [-0.3, -0.25) is 9.13 Å². The Bertz CT molecular complexity index is 2370. The van der Waals surface area contributed by atoms with Crippen molar-refractivity contribution >= 4 is 268 Å². The molecule has 22 heteroatoms. The van der Waals surface area contributed by atoms with Gasteiger partial charge in [0.15, 0.2) is 0 Å². The molecule has 188 valence electrons. The summed E-state index contributed by atoms with van der Waals surface area (Å²) in [5, 5.41) is 0.632. The van der Waals surface area contributed by atoms with Crippen LogP contribution < -0.4 is 87.4 Å². The molecular weight excluding hydrogens is 603 g/mol. The van der Waals surface area contributed by atoms with Gasteiger partial charge in [-0.15, -0.1) is 43.7 Å². The van der Waals surface area contributed by atoms with E-state index < -0.39 is 0 Å². The van der Waals surface area contributed by atoms with Crippen molar-refractivity contribution in [2.45, 2.75) is 0 Å². The van der Waals surface area contributed by atoms with E-state index in [1.54, 1.807) is 0 Å². The number of fused-ring (bicyclic) bond motifs is 6. The van der Waals surface area contributed by atoms with Crippen molar-refractivity contribution in [3.05, 3.63) is 5.28 Å². The Morgan fingerprint density at radius 1 is 0.286 bits per heavy atom. The van der Waals surface area contributed by atoms with Crippen LogP contribution in [0.1, 0.15) is 0 Å². The quantitative estimate of drug-likeness (QED) is 0.185. The zero-order chi connectivity index (χ0) is 35.9. The summed E-state index contributed by atoms with van der Waals surface area (Å²) in [6.07, 6.45) is 0. The van der Waals surface area contributed by atoms with E-state index in [1.807, 2.05) is 0 Å². The minimum Gasteiger partial charge on any atom is -0.279 e. The Morgan fingerprint density at radius 3 is 0.714 bits per heavy atom. The molecule has 32 radical (unpaired) electrons. The highest BCUT2D eigenvalue weighted by Crippen LogP contribution is 2.29. The highest BCUT2D eigenvalue weighted by atomic mass is 35.5. The van der Waals surface area contributed by atoms with Crippen LogP contribution in [0, 0.1) is 0 Å². The average molecular weight is 603 g/mol. The van der Waals surface area contributed by atoms with Crippen LogP contribution in [0.15, 0.2) is 0 Å². The molecule has 0 bridgehead atoms. The Labute approximate surface area is 308 Å². The van der Waals surface area contributed by atoms with Crippen LogP contribution >= 0.6 is 11.6 Å². The Kier molecular flexibility index (Phi) is 7.99. The minimum atomic E-state index is -0.333. The number of hydrogen-bond donors (Lipinski definition) is 0. The molecule has 0 amide bonds. The fourth-order valence-corrected chi connectivity index (χ4v) is 6.50. The lowest BCUT2D eigenvalue weighted by Crippen LogP contribution is -2.49. The third-order valence-electron chi connectivity index (χ3n) is 8.91. The molecule has 0 aliphatic carbocycles.